The van der Waals surface area contributed by atoms with E-state index in [0.717, 1.165) is 29.2 Å². The van der Waals surface area contributed by atoms with Gasteiger partial charge in [0.2, 0.25) is 0 Å². The van der Waals surface area contributed by atoms with E-state index in [9.17, 15) is 13.2 Å². The van der Waals surface area contributed by atoms with Gasteiger partial charge in [0.05, 0.1) is 17.3 Å². The summed E-state index contributed by atoms with van der Waals surface area (Å²) in [4.78, 5) is 6.45. The fourth-order valence-electron chi connectivity index (χ4n) is 3.97. The number of alkyl halides is 3. The van der Waals surface area contributed by atoms with Gasteiger partial charge in [0.15, 0.2) is 0 Å². The van der Waals surface area contributed by atoms with Crippen molar-refractivity contribution in [3.8, 4) is 0 Å². The van der Waals surface area contributed by atoms with Crippen LogP contribution in [0.25, 0.3) is 0 Å². The molecule has 2 aromatic rings. The fourth-order valence-corrected chi connectivity index (χ4v) is 5.09. The molecule has 0 N–H and O–H groups in total. The Hall–Kier alpha value is -1.66. The Balaban J connectivity index is 1.84. The van der Waals surface area contributed by atoms with E-state index in [0.29, 0.717) is 11.7 Å². The minimum atomic E-state index is -4.32. The first kappa shape index (κ1) is 17.7. The number of nitrogens with zero attached hydrogens (tertiary/aromatic N) is 2. The average molecular weight is 378 g/mol. The monoisotopic (exact) mass is 378 g/mol. The van der Waals surface area contributed by atoms with Gasteiger partial charge >= 0.3 is 6.18 Å². The van der Waals surface area contributed by atoms with Crippen LogP contribution in [-0.2, 0) is 6.18 Å². The number of hydrogen-bond acceptors (Lipinski definition) is 3. The van der Waals surface area contributed by atoms with Crippen LogP contribution in [0.3, 0.4) is 0 Å². The Labute approximate surface area is 156 Å². The molecule has 138 valence electrons. The molecule has 0 saturated carbocycles. The van der Waals surface area contributed by atoms with Crippen molar-refractivity contribution in [2.45, 2.75) is 40.9 Å². The number of anilines is 1. The molecule has 0 radical (unpaired) electrons. The number of piperidine rings is 1. The van der Waals surface area contributed by atoms with Crippen LogP contribution in [0.1, 0.15) is 30.0 Å². The smallest absolute Gasteiger partial charge is 0.363 e. The van der Waals surface area contributed by atoms with Crippen LogP contribution in [0.4, 0.5) is 18.9 Å². The van der Waals surface area contributed by atoms with Crippen LogP contribution >= 0.6 is 11.8 Å². The van der Waals surface area contributed by atoms with E-state index in [-0.39, 0.29) is 6.04 Å². The summed E-state index contributed by atoms with van der Waals surface area (Å²) in [5.74, 6) is 0. The van der Waals surface area contributed by atoms with Crippen LogP contribution < -0.4 is 4.90 Å². The normalized spacial score (nSPS) is 22.5. The first-order valence-electron chi connectivity index (χ1n) is 8.75. The van der Waals surface area contributed by atoms with E-state index in [2.05, 4.69) is 36.0 Å². The highest BCUT2D eigenvalue weighted by Gasteiger charge is 2.37. The number of rotatable bonds is 1. The summed E-state index contributed by atoms with van der Waals surface area (Å²) in [5, 5.41) is 0. The lowest BCUT2D eigenvalue weighted by atomic mass is 9.90. The summed E-state index contributed by atoms with van der Waals surface area (Å²) >= 11 is 1.58. The van der Waals surface area contributed by atoms with Crippen molar-refractivity contribution in [3.63, 3.8) is 0 Å². The van der Waals surface area contributed by atoms with Gasteiger partial charge in [-0.2, -0.15) is 13.2 Å². The molecule has 0 aromatic heterocycles. The maximum Gasteiger partial charge on any atom is 0.416 e. The summed E-state index contributed by atoms with van der Waals surface area (Å²) in [6, 6.07) is 12.9. The molecule has 1 fully saturated rings. The van der Waals surface area contributed by atoms with Gasteiger partial charge in [0.1, 0.15) is 0 Å². The first-order valence-corrected chi connectivity index (χ1v) is 9.57. The van der Waals surface area contributed by atoms with Gasteiger partial charge in [-0.05, 0) is 56.8 Å². The molecule has 0 amide bonds. The van der Waals surface area contributed by atoms with Crippen molar-refractivity contribution in [3.05, 3.63) is 53.6 Å². The molecule has 0 spiro atoms. The van der Waals surface area contributed by atoms with Crippen molar-refractivity contribution < 1.29 is 13.2 Å². The van der Waals surface area contributed by atoms with Crippen molar-refractivity contribution in [2.75, 3.05) is 25.5 Å². The highest BCUT2D eigenvalue weighted by Crippen LogP contribution is 2.50. The molecule has 2 heterocycles. The van der Waals surface area contributed by atoms with Gasteiger partial charge < -0.3 is 9.80 Å². The van der Waals surface area contributed by atoms with Crippen molar-refractivity contribution in [1.82, 2.24) is 4.90 Å². The van der Waals surface area contributed by atoms with E-state index in [4.69, 9.17) is 0 Å². The molecule has 2 atom stereocenters. The van der Waals surface area contributed by atoms with Gasteiger partial charge in [0.25, 0.3) is 0 Å². The van der Waals surface area contributed by atoms with Crippen LogP contribution in [0, 0.1) is 0 Å². The van der Waals surface area contributed by atoms with E-state index in [1.807, 2.05) is 12.1 Å². The van der Waals surface area contributed by atoms with Crippen LogP contribution in [0.2, 0.25) is 0 Å². The Morgan fingerprint density at radius 3 is 2.58 bits per heavy atom. The number of hydrogen-bond donors (Lipinski definition) is 0. The standard InChI is InChI=1S/C20H21F3N2S/c1-24(2)14-9-10-25-16(12-14)15-5-3-4-6-18(15)26-19-8-7-13(11-17(19)25)20(21,22)23/h3-8,11,14,16H,9-10,12H2,1-2H3. The van der Waals surface area contributed by atoms with E-state index in [1.165, 1.54) is 17.7 Å². The quantitative estimate of drug-likeness (QED) is 0.652. The lowest BCUT2D eigenvalue weighted by Gasteiger charge is -2.43. The molecular weight excluding hydrogens is 357 g/mol. The molecule has 0 bridgehead atoms. The predicted molar refractivity (Wildman–Crippen MR) is 98.8 cm³/mol. The fraction of sp³-hybridized carbons (Fsp3) is 0.400. The predicted octanol–water partition coefficient (Wildman–Crippen LogP) is 5.44. The van der Waals surface area contributed by atoms with Gasteiger partial charge in [0, 0.05) is 22.4 Å². The van der Waals surface area contributed by atoms with Crippen LogP contribution in [0.5, 0.6) is 0 Å². The van der Waals surface area contributed by atoms with Crippen molar-refractivity contribution >= 4 is 17.4 Å². The number of fused-ring (bicyclic) bond motifs is 5. The zero-order valence-corrected chi connectivity index (χ0v) is 15.6. The molecule has 4 rings (SSSR count). The molecule has 2 aliphatic rings. The summed E-state index contributed by atoms with van der Waals surface area (Å²) < 4.78 is 39.8. The van der Waals surface area contributed by atoms with Crippen LogP contribution in [-0.4, -0.2) is 31.6 Å². The largest absolute Gasteiger partial charge is 0.416 e. The molecule has 0 aliphatic carbocycles. The van der Waals surface area contributed by atoms with E-state index in [1.54, 1.807) is 17.8 Å². The minimum Gasteiger partial charge on any atom is -0.363 e. The Morgan fingerprint density at radius 2 is 1.85 bits per heavy atom. The van der Waals surface area contributed by atoms with Gasteiger partial charge in [-0.25, -0.2) is 0 Å². The molecule has 2 unspecified atom stereocenters. The van der Waals surface area contributed by atoms with Crippen molar-refractivity contribution in [1.29, 1.82) is 0 Å². The maximum atomic E-state index is 13.3. The molecule has 1 saturated heterocycles. The topological polar surface area (TPSA) is 6.48 Å². The minimum absolute atomic E-state index is 0.101. The van der Waals surface area contributed by atoms with Gasteiger partial charge in [-0.3, -0.25) is 0 Å². The number of benzene rings is 2. The van der Waals surface area contributed by atoms with Gasteiger partial charge in [-0.1, -0.05) is 30.0 Å². The van der Waals surface area contributed by atoms with E-state index < -0.39 is 11.7 Å². The highest BCUT2D eigenvalue weighted by molar-refractivity contribution is 7.99. The Bertz CT molecular complexity index is 819. The van der Waals surface area contributed by atoms with E-state index >= 15 is 0 Å². The molecule has 26 heavy (non-hydrogen) atoms. The molecule has 2 nitrogen and oxygen atoms in total. The zero-order valence-electron chi connectivity index (χ0n) is 14.8. The van der Waals surface area contributed by atoms with Crippen LogP contribution in [0.15, 0.2) is 52.3 Å². The molecule has 2 aromatic carbocycles. The zero-order chi connectivity index (χ0) is 18.5. The summed E-state index contributed by atoms with van der Waals surface area (Å²) in [6.07, 6.45) is -2.46. The third kappa shape index (κ3) is 3.09. The highest BCUT2D eigenvalue weighted by atomic mass is 32.2. The second kappa shape index (κ2) is 6.50. The Morgan fingerprint density at radius 1 is 1.08 bits per heavy atom. The average Bonchev–Trinajstić information content (AvgIpc) is 2.74. The SMILES string of the molecule is CN(C)C1CCN2c3cc(C(F)(F)F)ccc3Sc3ccccc3C2C1. The molecule has 2 aliphatic heterocycles. The molecule has 6 heteroatoms. The second-order valence-corrected chi connectivity index (χ2v) is 8.25. The Kier molecular flexibility index (Phi) is 4.43. The summed E-state index contributed by atoms with van der Waals surface area (Å²) in [6.45, 7) is 0.761. The second-order valence-electron chi connectivity index (χ2n) is 7.17. The molecular formula is C20H21F3N2S. The lowest BCUT2D eigenvalue weighted by molar-refractivity contribution is -0.137. The lowest BCUT2D eigenvalue weighted by Crippen LogP contribution is -2.44. The third-order valence-electron chi connectivity index (χ3n) is 5.40. The van der Waals surface area contributed by atoms with Crippen molar-refractivity contribution in [2.24, 2.45) is 0 Å². The maximum absolute atomic E-state index is 13.3. The summed E-state index contributed by atoms with van der Waals surface area (Å²) in [7, 11) is 4.15. The van der Waals surface area contributed by atoms with Gasteiger partial charge in [-0.15, -0.1) is 0 Å². The summed E-state index contributed by atoms with van der Waals surface area (Å²) in [5.41, 5.74) is 1.35. The number of halogens is 3. The first-order chi connectivity index (χ1) is 12.3. The third-order valence-corrected chi connectivity index (χ3v) is 6.56.